The lowest BCUT2D eigenvalue weighted by Crippen LogP contribution is -2.51. The molecule has 1 fully saturated rings. The van der Waals surface area contributed by atoms with E-state index in [-0.39, 0.29) is 63.6 Å². The minimum Gasteiger partial charge on any atom is -0.491 e. The Morgan fingerprint density at radius 2 is 1.84 bits per heavy atom. The summed E-state index contributed by atoms with van der Waals surface area (Å²) < 4.78 is 38.4. The molecule has 49 heavy (non-hydrogen) atoms. The number of piperazine rings is 1. The van der Waals surface area contributed by atoms with E-state index in [0.29, 0.717) is 44.0 Å². The lowest BCUT2D eigenvalue weighted by Gasteiger charge is -2.36. The van der Waals surface area contributed by atoms with Gasteiger partial charge in [0.2, 0.25) is 11.8 Å². The van der Waals surface area contributed by atoms with Crippen LogP contribution >= 0.6 is 23.2 Å². The number of ether oxygens (including phenoxy) is 3. The summed E-state index contributed by atoms with van der Waals surface area (Å²) in [6.45, 7) is 10.2. The predicted octanol–water partition coefficient (Wildman–Crippen LogP) is 7.04. The number of aliphatic hydroxyl groups is 1. The van der Waals surface area contributed by atoms with Crippen LogP contribution in [-0.4, -0.2) is 82.2 Å². The number of aromatic nitrogens is 2. The first kappa shape index (κ1) is 35.9. The Kier molecular flexibility index (Phi) is 11.3. The number of benzene rings is 3. The molecule has 0 bridgehead atoms. The monoisotopic (exact) mass is 711 g/mol. The van der Waals surface area contributed by atoms with Crippen LogP contribution in [0.1, 0.15) is 43.4 Å². The molecule has 0 unspecified atom stereocenters. The minimum atomic E-state index is -0.730. The zero-order valence-corrected chi connectivity index (χ0v) is 29.0. The van der Waals surface area contributed by atoms with Gasteiger partial charge in [0, 0.05) is 48.9 Å². The molecule has 1 aromatic heterocycles. The van der Waals surface area contributed by atoms with Gasteiger partial charge in [-0.3, -0.25) is 4.90 Å². The van der Waals surface area contributed by atoms with Gasteiger partial charge in [-0.15, -0.1) is 10.2 Å². The third kappa shape index (κ3) is 9.61. The lowest BCUT2D eigenvalue weighted by atomic mass is 10.1. The average Bonchev–Trinajstić information content (AvgIpc) is 3.51. The van der Waals surface area contributed by atoms with Crippen molar-refractivity contribution in [2.75, 3.05) is 39.3 Å². The van der Waals surface area contributed by atoms with Crippen molar-refractivity contribution in [3.05, 3.63) is 87.0 Å². The molecule has 4 aromatic rings. The number of hydrogen-bond acceptors (Lipinski definition) is 10. The van der Waals surface area contributed by atoms with E-state index in [1.807, 2.05) is 39.8 Å². The van der Waals surface area contributed by atoms with E-state index in [1.165, 1.54) is 30.3 Å². The van der Waals surface area contributed by atoms with Gasteiger partial charge in [0.25, 0.3) is 0 Å². The molecule has 0 saturated carbocycles. The summed E-state index contributed by atoms with van der Waals surface area (Å²) in [5.74, 6) is 0.211. The van der Waals surface area contributed by atoms with Crippen LogP contribution in [0.2, 0.25) is 10.0 Å². The van der Waals surface area contributed by atoms with Gasteiger partial charge in [0.1, 0.15) is 29.8 Å². The van der Waals surface area contributed by atoms with Gasteiger partial charge >= 0.3 is 6.09 Å². The highest BCUT2D eigenvalue weighted by Crippen LogP contribution is 2.36. The lowest BCUT2D eigenvalue weighted by molar-refractivity contribution is 0.00712. The molecule has 1 saturated heterocycles. The Labute approximate surface area is 293 Å². The van der Waals surface area contributed by atoms with Crippen molar-refractivity contribution in [3.8, 4) is 34.8 Å². The van der Waals surface area contributed by atoms with Crippen molar-refractivity contribution in [2.45, 2.75) is 45.8 Å². The Hall–Kier alpha value is -4.41. The maximum Gasteiger partial charge on any atom is 0.410 e. The second kappa shape index (κ2) is 15.4. The highest BCUT2D eigenvalue weighted by atomic mass is 35.5. The summed E-state index contributed by atoms with van der Waals surface area (Å²) >= 11 is 12.3. The van der Waals surface area contributed by atoms with Gasteiger partial charge in [-0.1, -0.05) is 29.3 Å². The van der Waals surface area contributed by atoms with Crippen LogP contribution in [0, 0.1) is 24.1 Å². The zero-order valence-electron chi connectivity index (χ0n) is 27.5. The number of hydrogen-bond donors (Lipinski definition) is 1. The summed E-state index contributed by atoms with van der Waals surface area (Å²) in [6.07, 6.45) is -1.08. The molecular weight excluding hydrogens is 676 g/mol. The summed E-state index contributed by atoms with van der Waals surface area (Å²) in [5, 5.41) is 28.4. The van der Waals surface area contributed by atoms with Gasteiger partial charge in [0.15, 0.2) is 11.6 Å². The van der Waals surface area contributed by atoms with E-state index in [1.54, 1.807) is 17.0 Å². The van der Waals surface area contributed by atoms with E-state index in [0.717, 1.165) is 5.56 Å². The number of β-amino-alcohol motifs (C(OH)–C–C–N with tert-alkyl or cyclic N) is 1. The van der Waals surface area contributed by atoms with Crippen LogP contribution in [0.5, 0.6) is 17.2 Å². The van der Waals surface area contributed by atoms with Crippen LogP contribution in [0.25, 0.3) is 11.5 Å². The Morgan fingerprint density at radius 3 is 2.53 bits per heavy atom. The van der Waals surface area contributed by atoms with E-state index < -0.39 is 17.5 Å². The fourth-order valence-corrected chi connectivity index (χ4v) is 5.56. The number of carbonyl (C=O) groups excluding carboxylic acids is 1. The Bertz CT molecular complexity index is 1850. The molecule has 14 heteroatoms. The third-order valence-electron chi connectivity index (χ3n) is 7.52. The van der Waals surface area contributed by atoms with Crippen LogP contribution in [0.3, 0.4) is 0 Å². The highest BCUT2D eigenvalue weighted by Gasteiger charge is 2.27. The number of nitriles is 1. The maximum atomic E-state index is 15.5. The SMILES string of the molecule is Cc1cc(OC[C@@H](O)CN2CCN(C(=O)OC(C)(C)C)CC2)ccc1-c1nnc(Cc2ccc(Cl)c(Oc3cc(Cl)cc(C#N)c3)c2F)o1. The number of rotatable bonds is 10. The molecular formula is C35H36Cl2FN5O6. The second-order valence-corrected chi connectivity index (χ2v) is 13.5. The first-order valence-corrected chi connectivity index (χ1v) is 16.3. The van der Waals surface area contributed by atoms with Crippen LogP contribution in [-0.2, 0) is 11.2 Å². The van der Waals surface area contributed by atoms with Crippen molar-refractivity contribution in [3.63, 3.8) is 0 Å². The Morgan fingerprint density at radius 1 is 1.08 bits per heavy atom. The first-order chi connectivity index (χ1) is 23.3. The second-order valence-electron chi connectivity index (χ2n) is 12.6. The smallest absolute Gasteiger partial charge is 0.410 e. The molecule has 0 radical (unpaired) electrons. The Balaban J connectivity index is 1.15. The van der Waals surface area contributed by atoms with E-state index in [2.05, 4.69) is 15.1 Å². The number of aliphatic hydroxyl groups excluding tert-OH is 1. The number of carbonyl (C=O) groups is 1. The molecule has 1 atom stereocenters. The maximum absolute atomic E-state index is 15.5. The highest BCUT2D eigenvalue weighted by molar-refractivity contribution is 6.32. The van der Waals surface area contributed by atoms with Crippen molar-refractivity contribution < 1.29 is 32.9 Å². The van der Waals surface area contributed by atoms with Crippen molar-refractivity contribution >= 4 is 29.3 Å². The van der Waals surface area contributed by atoms with Gasteiger partial charge in [0.05, 0.1) is 23.1 Å². The number of nitrogens with zero attached hydrogens (tertiary/aromatic N) is 5. The summed E-state index contributed by atoms with van der Waals surface area (Å²) in [6, 6.07) is 14.6. The number of aryl methyl sites for hydroxylation is 1. The first-order valence-electron chi connectivity index (χ1n) is 15.6. The molecule has 11 nitrogen and oxygen atoms in total. The van der Waals surface area contributed by atoms with E-state index >= 15 is 4.39 Å². The molecule has 258 valence electrons. The van der Waals surface area contributed by atoms with Crippen molar-refractivity contribution in [2.24, 2.45) is 0 Å². The predicted molar refractivity (Wildman–Crippen MR) is 181 cm³/mol. The van der Waals surface area contributed by atoms with Crippen LogP contribution in [0.15, 0.2) is 52.9 Å². The van der Waals surface area contributed by atoms with Crippen molar-refractivity contribution in [1.82, 2.24) is 20.0 Å². The van der Waals surface area contributed by atoms with Gasteiger partial charge in [-0.05, 0) is 75.7 Å². The number of halogens is 3. The standard InChI is InChI=1S/C35H36Cl2FN5O6/c1-21-13-26(46-20-25(44)19-42-9-11-43(12-10-42)34(45)49-35(2,3)4)6-7-28(21)33-41-40-30(48-33)16-23-5-8-29(37)32(31(23)38)47-27-15-22(18-39)14-24(36)17-27/h5-8,13-15,17,25,44H,9-12,16,19-20H2,1-4H3/t25-/m0/s1. The van der Waals surface area contributed by atoms with Gasteiger partial charge in [-0.25, -0.2) is 9.18 Å². The third-order valence-corrected chi connectivity index (χ3v) is 8.04. The minimum absolute atomic E-state index is 0.0282. The summed E-state index contributed by atoms with van der Waals surface area (Å²) in [5.41, 5.74) is 1.39. The topological polar surface area (TPSA) is 134 Å². The molecule has 1 amide bonds. The molecule has 1 N–H and O–H groups in total. The molecule has 0 spiro atoms. The van der Waals surface area contributed by atoms with Gasteiger partial charge < -0.3 is 28.6 Å². The summed E-state index contributed by atoms with van der Waals surface area (Å²) in [4.78, 5) is 16.1. The van der Waals surface area contributed by atoms with E-state index in [4.69, 9.17) is 41.8 Å². The molecule has 1 aliphatic heterocycles. The zero-order chi connectivity index (χ0) is 35.3. The van der Waals surface area contributed by atoms with E-state index in [9.17, 15) is 15.2 Å². The molecule has 0 aliphatic carbocycles. The van der Waals surface area contributed by atoms with Gasteiger partial charge in [-0.2, -0.15) is 5.26 Å². The fourth-order valence-electron chi connectivity index (χ4n) is 5.15. The van der Waals surface area contributed by atoms with Crippen molar-refractivity contribution in [1.29, 1.82) is 5.26 Å². The van der Waals surface area contributed by atoms with Crippen LogP contribution in [0.4, 0.5) is 9.18 Å². The largest absolute Gasteiger partial charge is 0.491 e. The fraction of sp³-hybridized carbons (Fsp3) is 0.371. The average molecular weight is 713 g/mol. The molecule has 2 heterocycles. The molecule has 5 rings (SSSR count). The van der Waals surface area contributed by atoms with Crippen LogP contribution < -0.4 is 9.47 Å². The number of amides is 1. The quantitative estimate of drug-likeness (QED) is 0.183. The normalized spacial score (nSPS) is 14.3. The molecule has 3 aromatic carbocycles. The molecule has 1 aliphatic rings. The summed E-state index contributed by atoms with van der Waals surface area (Å²) in [7, 11) is 0.